The summed E-state index contributed by atoms with van der Waals surface area (Å²) in [7, 11) is 0. The number of amidine groups is 1. The SMILES string of the molecule is Cc1cccc(C)c1N1CCCCS/C1=N/N=C\c1ccc(-c2ncn(-c3ccc(OC(F)(F)F)cc3)n2)cc1. The number of aryl methyl sites for hydroxylation is 2. The standard InChI is InChI=1S/C29H27F3N6OS/c1-20-6-5-7-21(2)26(20)37-16-3-4-17-40-28(37)35-34-18-22-8-10-23(11-9-22)27-33-19-38(36-27)24-12-14-25(15-13-24)39-29(30,31)32/h5-15,18-19H,3-4,16-17H2,1-2H3/b34-18-,35-28+. The first kappa shape index (κ1) is 27.4. The fourth-order valence-electron chi connectivity index (χ4n) is 4.41. The summed E-state index contributed by atoms with van der Waals surface area (Å²) >= 11 is 1.73. The van der Waals surface area contributed by atoms with Gasteiger partial charge in [0, 0.05) is 23.5 Å². The molecule has 7 nitrogen and oxygen atoms in total. The number of alkyl halides is 3. The van der Waals surface area contributed by atoms with E-state index in [0.717, 1.165) is 41.4 Å². The molecule has 0 spiro atoms. The van der Waals surface area contributed by atoms with Gasteiger partial charge in [-0.05, 0) is 67.6 Å². The monoisotopic (exact) mass is 564 g/mol. The third kappa shape index (κ3) is 6.71. The number of para-hydroxylation sites is 1. The molecule has 0 atom stereocenters. The number of hydrogen-bond acceptors (Lipinski definition) is 6. The summed E-state index contributed by atoms with van der Waals surface area (Å²) < 4.78 is 42.6. The van der Waals surface area contributed by atoms with E-state index in [1.165, 1.54) is 52.1 Å². The lowest BCUT2D eigenvalue weighted by atomic mass is 10.1. The Morgan fingerprint density at radius 1 is 0.950 bits per heavy atom. The summed E-state index contributed by atoms with van der Waals surface area (Å²) in [6.45, 7) is 5.16. The highest BCUT2D eigenvalue weighted by Crippen LogP contribution is 2.30. The van der Waals surface area contributed by atoms with Crippen LogP contribution in [0.5, 0.6) is 5.75 Å². The van der Waals surface area contributed by atoms with Crippen molar-refractivity contribution in [1.29, 1.82) is 0 Å². The molecule has 5 rings (SSSR count). The Balaban J connectivity index is 1.28. The molecule has 40 heavy (non-hydrogen) atoms. The molecule has 0 bridgehead atoms. The molecule has 1 fully saturated rings. The van der Waals surface area contributed by atoms with Gasteiger partial charge in [-0.25, -0.2) is 9.67 Å². The van der Waals surface area contributed by atoms with Gasteiger partial charge in [0.2, 0.25) is 0 Å². The van der Waals surface area contributed by atoms with Crippen molar-refractivity contribution < 1.29 is 17.9 Å². The molecule has 0 N–H and O–H groups in total. The quantitative estimate of drug-likeness (QED) is 0.183. The van der Waals surface area contributed by atoms with Crippen LogP contribution in [0.3, 0.4) is 0 Å². The van der Waals surface area contributed by atoms with Gasteiger partial charge < -0.3 is 9.64 Å². The Kier molecular flexibility index (Phi) is 8.20. The molecule has 2 heterocycles. The van der Waals surface area contributed by atoms with Gasteiger partial charge in [-0.3, -0.25) is 0 Å². The van der Waals surface area contributed by atoms with Crippen LogP contribution in [0.15, 0.2) is 83.3 Å². The van der Waals surface area contributed by atoms with Gasteiger partial charge >= 0.3 is 6.36 Å². The second-order valence-electron chi connectivity index (χ2n) is 9.25. The topological polar surface area (TPSA) is 67.9 Å². The minimum absolute atomic E-state index is 0.297. The lowest BCUT2D eigenvalue weighted by Gasteiger charge is -2.26. The summed E-state index contributed by atoms with van der Waals surface area (Å²) in [5.41, 5.74) is 5.87. The summed E-state index contributed by atoms with van der Waals surface area (Å²) in [5, 5.41) is 14.3. The normalized spacial score (nSPS) is 15.5. The van der Waals surface area contributed by atoms with Crippen LogP contribution in [-0.4, -0.2) is 44.8 Å². The lowest BCUT2D eigenvalue weighted by Crippen LogP contribution is -2.29. The highest BCUT2D eigenvalue weighted by molar-refractivity contribution is 8.14. The van der Waals surface area contributed by atoms with Crippen molar-refractivity contribution >= 4 is 28.8 Å². The zero-order valence-corrected chi connectivity index (χ0v) is 22.8. The molecule has 1 saturated heterocycles. The van der Waals surface area contributed by atoms with Gasteiger partial charge in [0.25, 0.3) is 0 Å². The Hall–Kier alpha value is -4.12. The number of halogens is 3. The molecule has 0 unspecified atom stereocenters. The molecular formula is C29H27F3N6OS. The highest BCUT2D eigenvalue weighted by Gasteiger charge is 2.31. The number of aromatic nitrogens is 3. The maximum absolute atomic E-state index is 12.4. The van der Waals surface area contributed by atoms with Crippen LogP contribution in [0, 0.1) is 13.8 Å². The van der Waals surface area contributed by atoms with Crippen molar-refractivity contribution in [2.75, 3.05) is 17.2 Å². The minimum atomic E-state index is -4.74. The molecule has 1 aromatic heterocycles. The van der Waals surface area contributed by atoms with Gasteiger partial charge in [-0.15, -0.1) is 23.4 Å². The molecule has 11 heteroatoms. The molecule has 0 radical (unpaired) electrons. The van der Waals surface area contributed by atoms with E-state index in [1.807, 2.05) is 24.3 Å². The zero-order valence-electron chi connectivity index (χ0n) is 22.0. The van der Waals surface area contributed by atoms with Crippen molar-refractivity contribution in [3.63, 3.8) is 0 Å². The van der Waals surface area contributed by atoms with Crippen LogP contribution >= 0.6 is 11.8 Å². The van der Waals surface area contributed by atoms with Gasteiger partial charge in [0.15, 0.2) is 11.0 Å². The molecule has 1 aliphatic heterocycles. The van der Waals surface area contributed by atoms with Crippen molar-refractivity contribution in [2.24, 2.45) is 10.2 Å². The number of nitrogens with zero attached hydrogens (tertiary/aromatic N) is 6. The zero-order chi connectivity index (χ0) is 28.1. The van der Waals surface area contributed by atoms with Gasteiger partial charge in [-0.2, -0.15) is 5.10 Å². The number of thioether (sulfide) groups is 1. The number of benzene rings is 3. The Morgan fingerprint density at radius 2 is 1.68 bits per heavy atom. The van der Waals surface area contributed by atoms with Gasteiger partial charge in [0.05, 0.1) is 11.9 Å². The van der Waals surface area contributed by atoms with E-state index in [1.54, 1.807) is 18.0 Å². The first-order valence-corrected chi connectivity index (χ1v) is 13.7. The average Bonchev–Trinajstić information content (AvgIpc) is 3.30. The van der Waals surface area contributed by atoms with E-state index >= 15 is 0 Å². The number of anilines is 1. The number of hydrogen-bond donors (Lipinski definition) is 0. The van der Waals surface area contributed by atoms with Crippen LogP contribution in [-0.2, 0) is 0 Å². The number of rotatable bonds is 6. The molecular weight excluding hydrogens is 537 g/mol. The summed E-state index contributed by atoms with van der Waals surface area (Å²) in [4.78, 5) is 6.61. The second-order valence-corrected chi connectivity index (χ2v) is 10.3. The van der Waals surface area contributed by atoms with Crippen LogP contribution in [0.25, 0.3) is 17.1 Å². The maximum Gasteiger partial charge on any atom is 0.573 e. The van der Waals surface area contributed by atoms with E-state index in [9.17, 15) is 13.2 Å². The fraction of sp³-hybridized carbons (Fsp3) is 0.241. The van der Waals surface area contributed by atoms with Crippen molar-refractivity contribution in [3.05, 3.63) is 89.7 Å². The van der Waals surface area contributed by atoms with Crippen LogP contribution in [0.1, 0.15) is 29.5 Å². The van der Waals surface area contributed by atoms with E-state index in [0.29, 0.717) is 11.5 Å². The fourth-order valence-corrected chi connectivity index (χ4v) is 5.39. The Morgan fingerprint density at radius 3 is 2.38 bits per heavy atom. The van der Waals surface area contributed by atoms with Gasteiger partial charge in [0.1, 0.15) is 12.1 Å². The number of ether oxygens (including phenoxy) is 1. The van der Waals surface area contributed by atoms with E-state index < -0.39 is 6.36 Å². The van der Waals surface area contributed by atoms with Crippen LogP contribution < -0.4 is 9.64 Å². The molecule has 0 saturated carbocycles. The minimum Gasteiger partial charge on any atom is -0.406 e. The molecule has 0 aliphatic carbocycles. The largest absolute Gasteiger partial charge is 0.573 e. The Bertz CT molecular complexity index is 1490. The molecule has 3 aromatic carbocycles. The van der Waals surface area contributed by atoms with Crippen LogP contribution in [0.2, 0.25) is 0 Å². The summed E-state index contributed by atoms with van der Waals surface area (Å²) in [5.74, 6) is 1.20. The molecule has 0 amide bonds. The predicted molar refractivity (Wildman–Crippen MR) is 153 cm³/mol. The van der Waals surface area contributed by atoms with Crippen molar-refractivity contribution in [3.8, 4) is 22.8 Å². The van der Waals surface area contributed by atoms with Crippen molar-refractivity contribution in [2.45, 2.75) is 33.1 Å². The summed E-state index contributed by atoms with van der Waals surface area (Å²) in [6.07, 6.45) is 0.736. The highest BCUT2D eigenvalue weighted by atomic mass is 32.2. The van der Waals surface area contributed by atoms with Crippen molar-refractivity contribution in [1.82, 2.24) is 14.8 Å². The van der Waals surface area contributed by atoms with Crippen LogP contribution in [0.4, 0.5) is 18.9 Å². The van der Waals surface area contributed by atoms with E-state index in [4.69, 9.17) is 0 Å². The van der Waals surface area contributed by atoms with E-state index in [2.05, 4.69) is 62.0 Å². The summed E-state index contributed by atoms with van der Waals surface area (Å²) in [6, 6.07) is 19.3. The predicted octanol–water partition coefficient (Wildman–Crippen LogP) is 7.17. The molecule has 206 valence electrons. The van der Waals surface area contributed by atoms with Gasteiger partial charge in [-0.1, -0.05) is 54.2 Å². The smallest absolute Gasteiger partial charge is 0.406 e. The first-order valence-electron chi connectivity index (χ1n) is 12.7. The molecule has 1 aliphatic rings. The molecule has 4 aromatic rings. The first-order chi connectivity index (χ1) is 19.3. The lowest BCUT2D eigenvalue weighted by molar-refractivity contribution is -0.274. The van der Waals surface area contributed by atoms with E-state index in [-0.39, 0.29) is 5.75 Å². The maximum atomic E-state index is 12.4. The average molecular weight is 565 g/mol. The second kappa shape index (κ2) is 12.0. The third-order valence-electron chi connectivity index (χ3n) is 6.29. The Labute approximate surface area is 234 Å². The third-order valence-corrected chi connectivity index (χ3v) is 7.35.